The van der Waals surface area contributed by atoms with Crippen LogP contribution in [0.5, 0.6) is 0 Å². The Bertz CT molecular complexity index is 255. The van der Waals surface area contributed by atoms with Crippen molar-refractivity contribution in [3.05, 3.63) is 23.7 Å². The van der Waals surface area contributed by atoms with Gasteiger partial charge in [-0.15, -0.1) is 0 Å². The van der Waals surface area contributed by atoms with Crippen LogP contribution in [0.2, 0.25) is 0 Å². The van der Waals surface area contributed by atoms with Gasteiger partial charge in [-0.3, -0.25) is 0 Å². The van der Waals surface area contributed by atoms with E-state index in [1.54, 1.807) is 6.07 Å². The first-order valence-electron chi connectivity index (χ1n) is 4.23. The first-order chi connectivity index (χ1) is 6.29. The molecule has 0 bridgehead atoms. The number of quaternary nitrogens is 1. The molecule has 0 saturated heterocycles. The summed E-state index contributed by atoms with van der Waals surface area (Å²) in [6.45, 7) is 4.46. The fraction of sp³-hybridized carbons (Fsp3) is 0.444. The van der Waals surface area contributed by atoms with Crippen LogP contribution in [0.25, 0.3) is 0 Å². The van der Waals surface area contributed by atoms with Gasteiger partial charge >= 0.3 is 5.97 Å². The Labute approximate surface area is 77.7 Å². The van der Waals surface area contributed by atoms with Gasteiger partial charge in [0.1, 0.15) is 12.1 Å². The van der Waals surface area contributed by atoms with E-state index in [0.717, 1.165) is 0 Å². The molecular weight excluding hydrogens is 170 g/mol. The largest absolute Gasteiger partial charge is 0.465 e. The van der Waals surface area contributed by atoms with Gasteiger partial charge in [-0.25, -0.2) is 4.79 Å². The smallest absolute Gasteiger partial charge is 0.341 e. The monoisotopic (exact) mass is 186 g/mol. The first kappa shape index (κ1) is 11.7. The fourth-order valence-electron chi connectivity index (χ4n) is 0.826. The topological polar surface area (TPSA) is 67.1 Å². The predicted octanol–water partition coefficient (Wildman–Crippen LogP) is 0.834. The highest BCUT2D eigenvalue weighted by Gasteiger charge is 2.13. The number of carbonyl (C=O) groups is 1. The molecule has 0 aliphatic heterocycles. The minimum atomic E-state index is -0.377. The minimum Gasteiger partial charge on any atom is -0.465 e. The van der Waals surface area contributed by atoms with Gasteiger partial charge in [0.15, 0.2) is 5.76 Å². The summed E-state index contributed by atoms with van der Waals surface area (Å²) in [5.74, 6) is 0.189. The molecule has 0 amide bonds. The average molecular weight is 186 g/mol. The van der Waals surface area contributed by atoms with Gasteiger partial charge in [0.2, 0.25) is 0 Å². The van der Waals surface area contributed by atoms with Crippen LogP contribution >= 0.6 is 0 Å². The van der Waals surface area contributed by atoms with Crippen LogP contribution in [-0.2, 0) is 11.3 Å². The zero-order valence-corrected chi connectivity index (χ0v) is 8.29. The van der Waals surface area contributed by atoms with Crippen LogP contribution in [0.4, 0.5) is 0 Å². The van der Waals surface area contributed by atoms with E-state index in [-0.39, 0.29) is 5.97 Å². The van der Waals surface area contributed by atoms with Crippen molar-refractivity contribution in [3.8, 4) is 0 Å². The molecule has 1 rings (SSSR count). The summed E-state index contributed by atoms with van der Waals surface area (Å²) in [6.07, 6.45) is 1.45. The van der Waals surface area contributed by atoms with Crippen molar-refractivity contribution >= 4 is 5.97 Å². The second-order valence-corrected chi connectivity index (χ2v) is 2.00. The van der Waals surface area contributed by atoms with Gasteiger partial charge in [0.05, 0.1) is 13.4 Å². The van der Waals surface area contributed by atoms with Crippen molar-refractivity contribution in [3.63, 3.8) is 0 Å². The molecule has 0 saturated carbocycles. The molecule has 0 fully saturated rings. The number of esters is 1. The molecule has 74 valence electrons. The number of carbonyl (C=O) groups excluding carboxylic acids is 1. The maximum Gasteiger partial charge on any atom is 0.341 e. The van der Waals surface area contributed by atoms with Gasteiger partial charge in [-0.1, -0.05) is 13.8 Å². The first-order valence-corrected chi connectivity index (χ1v) is 4.23. The van der Waals surface area contributed by atoms with Gasteiger partial charge < -0.3 is 14.9 Å². The van der Waals surface area contributed by atoms with E-state index >= 15 is 0 Å². The molecule has 0 aliphatic rings. The molecule has 1 aromatic rings. The molecule has 0 unspecified atom stereocenters. The third-order valence-electron chi connectivity index (χ3n) is 1.38. The molecule has 0 radical (unpaired) electrons. The van der Waals surface area contributed by atoms with Crippen LogP contribution in [-0.4, -0.2) is 13.1 Å². The number of methoxy groups -OCH3 is 1. The van der Waals surface area contributed by atoms with Gasteiger partial charge in [0, 0.05) is 0 Å². The SMILES string of the molecule is CC.COC(=O)c1ccoc1C[NH3+]. The summed E-state index contributed by atoms with van der Waals surface area (Å²) < 4.78 is 9.48. The Morgan fingerprint density at radius 1 is 1.62 bits per heavy atom. The Kier molecular flexibility index (Phi) is 5.63. The molecule has 3 N–H and O–H groups in total. The number of hydrogen-bond donors (Lipinski definition) is 1. The van der Waals surface area contributed by atoms with Crippen molar-refractivity contribution < 1.29 is 19.7 Å². The second-order valence-electron chi connectivity index (χ2n) is 2.00. The van der Waals surface area contributed by atoms with Crippen molar-refractivity contribution in [2.24, 2.45) is 0 Å². The van der Waals surface area contributed by atoms with E-state index in [1.807, 2.05) is 13.8 Å². The molecule has 1 aromatic heterocycles. The third kappa shape index (κ3) is 2.91. The van der Waals surface area contributed by atoms with E-state index in [2.05, 4.69) is 10.5 Å². The lowest BCUT2D eigenvalue weighted by Gasteiger charge is -1.94. The molecule has 4 heteroatoms. The standard InChI is InChI=1S/C7H9NO3.C2H6/c1-10-7(9)5-2-3-11-6(5)4-8;1-2/h2-3H,4,8H2,1H3;1-2H3/p+1. The van der Waals surface area contributed by atoms with Crippen LogP contribution in [0, 0.1) is 0 Å². The van der Waals surface area contributed by atoms with Crippen molar-refractivity contribution in [2.75, 3.05) is 7.11 Å². The Hall–Kier alpha value is -1.29. The van der Waals surface area contributed by atoms with Crippen molar-refractivity contribution in [1.82, 2.24) is 0 Å². The van der Waals surface area contributed by atoms with Crippen LogP contribution in [0.1, 0.15) is 30.0 Å². The lowest BCUT2D eigenvalue weighted by molar-refractivity contribution is -0.390. The summed E-state index contributed by atoms with van der Waals surface area (Å²) in [7, 11) is 1.34. The van der Waals surface area contributed by atoms with Crippen LogP contribution < -0.4 is 5.73 Å². The number of rotatable bonds is 2. The minimum absolute atomic E-state index is 0.377. The number of ether oxygens (including phenoxy) is 1. The molecule has 0 aromatic carbocycles. The lowest BCUT2D eigenvalue weighted by Crippen LogP contribution is -2.47. The zero-order chi connectivity index (χ0) is 10.3. The summed E-state index contributed by atoms with van der Waals surface area (Å²) >= 11 is 0. The average Bonchev–Trinajstić information content (AvgIpc) is 2.67. The van der Waals surface area contributed by atoms with E-state index in [1.165, 1.54) is 13.4 Å². The van der Waals surface area contributed by atoms with Gasteiger partial charge in [-0.05, 0) is 6.07 Å². The second kappa shape index (κ2) is 6.25. The molecule has 0 aliphatic carbocycles. The van der Waals surface area contributed by atoms with Crippen molar-refractivity contribution in [2.45, 2.75) is 20.4 Å². The van der Waals surface area contributed by atoms with Crippen LogP contribution in [0.3, 0.4) is 0 Å². The summed E-state index contributed by atoms with van der Waals surface area (Å²) in [5.41, 5.74) is 4.06. The third-order valence-corrected chi connectivity index (χ3v) is 1.38. The molecule has 1 heterocycles. The molecule has 0 spiro atoms. The maximum atomic E-state index is 10.9. The Morgan fingerprint density at radius 3 is 2.69 bits per heavy atom. The van der Waals surface area contributed by atoms with Gasteiger partial charge in [-0.2, -0.15) is 0 Å². The lowest BCUT2D eigenvalue weighted by atomic mass is 10.2. The van der Waals surface area contributed by atoms with Gasteiger partial charge in [0.25, 0.3) is 0 Å². The quantitative estimate of drug-likeness (QED) is 0.696. The van der Waals surface area contributed by atoms with E-state index in [0.29, 0.717) is 17.9 Å². The molecule has 0 atom stereocenters. The van der Waals surface area contributed by atoms with Crippen molar-refractivity contribution in [1.29, 1.82) is 0 Å². The Morgan fingerprint density at radius 2 is 2.23 bits per heavy atom. The van der Waals surface area contributed by atoms with E-state index in [9.17, 15) is 4.79 Å². The maximum absolute atomic E-state index is 10.9. The van der Waals surface area contributed by atoms with Crippen LogP contribution in [0.15, 0.2) is 16.7 Å². The number of hydrogen-bond acceptors (Lipinski definition) is 3. The predicted molar refractivity (Wildman–Crippen MR) is 48.0 cm³/mol. The molecular formula is C9H16NO3+. The fourth-order valence-corrected chi connectivity index (χ4v) is 0.826. The van der Waals surface area contributed by atoms with E-state index < -0.39 is 0 Å². The molecule has 13 heavy (non-hydrogen) atoms. The highest BCUT2D eigenvalue weighted by molar-refractivity contribution is 5.90. The number of furan rings is 1. The highest BCUT2D eigenvalue weighted by atomic mass is 16.5. The highest BCUT2D eigenvalue weighted by Crippen LogP contribution is 2.09. The zero-order valence-electron chi connectivity index (χ0n) is 8.29. The summed E-state index contributed by atoms with van der Waals surface area (Å²) in [5, 5.41) is 0. The Balaban J connectivity index is 0.000000671. The normalized spacial score (nSPS) is 8.62. The summed E-state index contributed by atoms with van der Waals surface area (Å²) in [6, 6.07) is 1.58. The molecule has 4 nitrogen and oxygen atoms in total. The van der Waals surface area contributed by atoms with E-state index in [4.69, 9.17) is 4.42 Å². The summed E-state index contributed by atoms with van der Waals surface area (Å²) in [4.78, 5) is 10.9.